The van der Waals surface area contributed by atoms with Crippen LogP contribution in [-0.2, 0) is 4.74 Å². The van der Waals surface area contributed by atoms with E-state index in [0.29, 0.717) is 12.4 Å². The summed E-state index contributed by atoms with van der Waals surface area (Å²) >= 11 is 0. The third-order valence-electron chi connectivity index (χ3n) is 4.40. The number of benzene rings is 1. The lowest BCUT2D eigenvalue weighted by Crippen LogP contribution is -2.36. The lowest BCUT2D eigenvalue weighted by Gasteiger charge is -2.18. The Morgan fingerprint density at radius 3 is 2.73 bits per heavy atom. The monoisotopic (exact) mass is 359 g/mol. The third-order valence-corrected chi connectivity index (χ3v) is 4.40. The zero-order chi connectivity index (χ0) is 18.7. The fourth-order valence-corrected chi connectivity index (χ4v) is 3.04. The molecular weight excluding hydrogens is 334 g/mol. The van der Waals surface area contributed by atoms with Crippen molar-refractivity contribution in [2.45, 2.75) is 45.4 Å². The van der Waals surface area contributed by atoms with Gasteiger partial charge in [0.1, 0.15) is 17.7 Å². The summed E-state index contributed by atoms with van der Waals surface area (Å²) in [6.45, 7) is 6.91. The van der Waals surface area contributed by atoms with E-state index in [0.717, 1.165) is 24.3 Å². The van der Waals surface area contributed by atoms with E-state index < -0.39 is 5.69 Å². The van der Waals surface area contributed by atoms with Crippen LogP contribution in [0, 0.1) is 0 Å². The first-order valence-electron chi connectivity index (χ1n) is 8.91. The fraction of sp³-hybridized carbons (Fsp3) is 0.474. The standard InChI is InChI=1S/C19H25N3O4/c1-12(2)22-18(23)10-17(21-19(22)24)20-13(3)14-5-4-6-15(9-14)26-16-7-8-25-11-16/h4-6,9-10,12-13,16,20H,7-8,11H2,1-3H3,(H,21,24)/t13-,16-/m0/s1. The van der Waals surface area contributed by atoms with Crippen molar-refractivity contribution in [2.75, 3.05) is 18.5 Å². The molecule has 2 aromatic rings. The number of hydrogen-bond acceptors (Lipinski definition) is 5. The molecule has 1 aliphatic rings. The van der Waals surface area contributed by atoms with Gasteiger partial charge in [0.2, 0.25) is 0 Å². The van der Waals surface area contributed by atoms with Gasteiger partial charge in [-0.3, -0.25) is 14.3 Å². The van der Waals surface area contributed by atoms with Crippen LogP contribution in [0.2, 0.25) is 0 Å². The maximum Gasteiger partial charge on any atom is 0.330 e. The quantitative estimate of drug-likeness (QED) is 0.827. The van der Waals surface area contributed by atoms with Crippen molar-refractivity contribution in [1.29, 1.82) is 0 Å². The summed E-state index contributed by atoms with van der Waals surface area (Å²) in [5.41, 5.74) is 0.257. The van der Waals surface area contributed by atoms with Crippen molar-refractivity contribution in [3.05, 3.63) is 56.7 Å². The summed E-state index contributed by atoms with van der Waals surface area (Å²) in [5.74, 6) is 1.19. The van der Waals surface area contributed by atoms with Gasteiger partial charge in [-0.25, -0.2) is 4.79 Å². The Kier molecular flexibility index (Phi) is 5.46. The van der Waals surface area contributed by atoms with E-state index in [1.165, 1.54) is 10.6 Å². The molecule has 7 nitrogen and oxygen atoms in total. The molecule has 1 aromatic carbocycles. The second-order valence-corrected chi connectivity index (χ2v) is 6.83. The summed E-state index contributed by atoms with van der Waals surface area (Å²) in [4.78, 5) is 27.0. The molecule has 0 amide bonds. The Bertz CT molecular complexity index is 834. The van der Waals surface area contributed by atoms with Gasteiger partial charge in [0.15, 0.2) is 0 Å². The SMILES string of the molecule is CC(C)n1c(=O)cc(N[C@@H](C)c2cccc(O[C@H]3CCOC3)c2)[nH]c1=O. The Balaban J connectivity index is 1.74. The topological polar surface area (TPSA) is 85.3 Å². The van der Waals surface area contributed by atoms with Gasteiger partial charge in [0, 0.05) is 18.5 Å². The number of H-pyrrole nitrogens is 1. The third kappa shape index (κ3) is 4.16. The number of anilines is 1. The van der Waals surface area contributed by atoms with E-state index in [2.05, 4.69) is 10.3 Å². The van der Waals surface area contributed by atoms with Crippen LogP contribution in [0.3, 0.4) is 0 Å². The molecule has 2 N–H and O–H groups in total. The second-order valence-electron chi connectivity index (χ2n) is 6.83. The zero-order valence-corrected chi connectivity index (χ0v) is 15.3. The summed E-state index contributed by atoms with van der Waals surface area (Å²) in [6.07, 6.45) is 0.985. The van der Waals surface area contributed by atoms with E-state index in [4.69, 9.17) is 9.47 Å². The summed E-state index contributed by atoms with van der Waals surface area (Å²) in [7, 11) is 0. The van der Waals surface area contributed by atoms with Crippen LogP contribution in [0.4, 0.5) is 5.82 Å². The molecule has 3 rings (SSSR count). The van der Waals surface area contributed by atoms with E-state index >= 15 is 0 Å². The molecule has 0 spiro atoms. The van der Waals surface area contributed by atoms with Crippen LogP contribution in [0.25, 0.3) is 0 Å². The highest BCUT2D eigenvalue weighted by Crippen LogP contribution is 2.23. The number of nitrogens with one attached hydrogen (secondary N) is 2. The Hall–Kier alpha value is -2.54. The van der Waals surface area contributed by atoms with Crippen molar-refractivity contribution < 1.29 is 9.47 Å². The van der Waals surface area contributed by atoms with Crippen LogP contribution in [0.1, 0.15) is 44.8 Å². The van der Waals surface area contributed by atoms with Crippen LogP contribution in [0.15, 0.2) is 39.9 Å². The fourth-order valence-electron chi connectivity index (χ4n) is 3.04. The molecule has 0 saturated carbocycles. The van der Waals surface area contributed by atoms with Gasteiger partial charge < -0.3 is 14.8 Å². The van der Waals surface area contributed by atoms with Gasteiger partial charge in [0.25, 0.3) is 5.56 Å². The van der Waals surface area contributed by atoms with Crippen LogP contribution in [0.5, 0.6) is 5.75 Å². The summed E-state index contributed by atoms with van der Waals surface area (Å²) in [5, 5.41) is 3.18. The molecule has 0 unspecified atom stereocenters. The molecule has 1 aliphatic heterocycles. The van der Waals surface area contributed by atoms with Crippen LogP contribution in [-0.4, -0.2) is 28.9 Å². The Labute approximate surface area is 152 Å². The molecule has 0 aliphatic carbocycles. The average Bonchev–Trinajstić information content (AvgIpc) is 3.07. The smallest absolute Gasteiger partial charge is 0.330 e. The van der Waals surface area contributed by atoms with Gasteiger partial charge >= 0.3 is 5.69 Å². The Morgan fingerprint density at radius 2 is 2.08 bits per heavy atom. The lowest BCUT2D eigenvalue weighted by molar-refractivity contribution is 0.141. The van der Waals surface area contributed by atoms with Gasteiger partial charge in [0.05, 0.1) is 19.3 Å². The number of nitrogens with zero attached hydrogens (tertiary/aromatic N) is 1. The van der Waals surface area contributed by atoms with Gasteiger partial charge in [-0.15, -0.1) is 0 Å². The number of aromatic nitrogens is 2. The highest BCUT2D eigenvalue weighted by molar-refractivity contribution is 5.39. The predicted octanol–water partition coefficient (Wildman–Crippen LogP) is 2.46. The maximum atomic E-state index is 12.1. The maximum absolute atomic E-state index is 12.1. The average molecular weight is 359 g/mol. The normalized spacial score (nSPS) is 18.1. The molecule has 140 valence electrons. The van der Waals surface area contributed by atoms with Gasteiger partial charge in [-0.05, 0) is 38.5 Å². The molecule has 2 atom stereocenters. The minimum Gasteiger partial charge on any atom is -0.488 e. The number of hydrogen-bond donors (Lipinski definition) is 2. The molecule has 1 aromatic heterocycles. The van der Waals surface area contributed by atoms with E-state index in [1.807, 2.05) is 31.2 Å². The molecular formula is C19H25N3O4. The predicted molar refractivity (Wildman–Crippen MR) is 100 cm³/mol. The largest absolute Gasteiger partial charge is 0.488 e. The Morgan fingerprint density at radius 1 is 1.27 bits per heavy atom. The molecule has 2 heterocycles. The van der Waals surface area contributed by atoms with E-state index in [1.54, 1.807) is 13.8 Å². The van der Waals surface area contributed by atoms with E-state index in [-0.39, 0.29) is 23.7 Å². The highest BCUT2D eigenvalue weighted by Gasteiger charge is 2.18. The summed E-state index contributed by atoms with van der Waals surface area (Å²) < 4.78 is 12.5. The summed E-state index contributed by atoms with van der Waals surface area (Å²) in [6, 6.07) is 8.90. The minimum absolute atomic E-state index is 0.0912. The van der Waals surface area contributed by atoms with Crippen molar-refractivity contribution in [3.8, 4) is 5.75 Å². The second kappa shape index (κ2) is 7.78. The van der Waals surface area contributed by atoms with Crippen molar-refractivity contribution in [3.63, 3.8) is 0 Å². The van der Waals surface area contributed by atoms with Crippen molar-refractivity contribution >= 4 is 5.82 Å². The van der Waals surface area contributed by atoms with Crippen molar-refractivity contribution in [2.24, 2.45) is 0 Å². The molecule has 26 heavy (non-hydrogen) atoms. The van der Waals surface area contributed by atoms with Gasteiger partial charge in [-0.1, -0.05) is 12.1 Å². The van der Waals surface area contributed by atoms with Gasteiger partial charge in [-0.2, -0.15) is 0 Å². The molecule has 1 fully saturated rings. The first kappa shape index (κ1) is 18.3. The lowest BCUT2D eigenvalue weighted by atomic mass is 10.1. The highest BCUT2D eigenvalue weighted by atomic mass is 16.5. The number of ether oxygens (including phenoxy) is 2. The van der Waals surface area contributed by atoms with Crippen molar-refractivity contribution in [1.82, 2.24) is 9.55 Å². The van der Waals surface area contributed by atoms with E-state index in [9.17, 15) is 9.59 Å². The van der Waals surface area contributed by atoms with Crippen LogP contribution >= 0.6 is 0 Å². The molecule has 7 heteroatoms. The molecule has 0 bridgehead atoms. The number of aromatic amines is 1. The first-order chi connectivity index (χ1) is 12.4. The zero-order valence-electron chi connectivity index (χ0n) is 15.3. The number of rotatable bonds is 6. The molecule has 1 saturated heterocycles. The minimum atomic E-state index is -0.416. The van der Waals surface area contributed by atoms with Crippen LogP contribution < -0.4 is 21.3 Å². The first-order valence-corrected chi connectivity index (χ1v) is 8.91. The molecule has 0 radical (unpaired) electrons.